The molecular formula is C48H43F7N8O4S. The molecule has 4 atom stereocenters. The molecule has 2 aliphatic heterocycles. The van der Waals surface area contributed by atoms with Gasteiger partial charge in [0, 0.05) is 78.6 Å². The van der Waals surface area contributed by atoms with Crippen LogP contribution in [0.2, 0.25) is 0 Å². The van der Waals surface area contributed by atoms with E-state index in [1.54, 1.807) is 29.2 Å². The number of alkyl halides is 5. The minimum Gasteiger partial charge on any atom is -0.444 e. The molecule has 3 aromatic heterocycles. The molecule has 12 nitrogen and oxygen atoms in total. The van der Waals surface area contributed by atoms with Crippen LogP contribution < -0.4 is 15.5 Å². The van der Waals surface area contributed by atoms with Crippen molar-refractivity contribution < 1.29 is 49.9 Å². The third kappa shape index (κ3) is 8.29. The topological polar surface area (TPSA) is 135 Å². The van der Waals surface area contributed by atoms with Crippen LogP contribution in [0.4, 0.5) is 41.2 Å². The van der Waals surface area contributed by atoms with Crippen molar-refractivity contribution in [1.82, 2.24) is 35.3 Å². The van der Waals surface area contributed by atoms with Gasteiger partial charge in [0.15, 0.2) is 11.3 Å². The summed E-state index contributed by atoms with van der Waals surface area (Å²) in [4.78, 5) is 53.3. The summed E-state index contributed by atoms with van der Waals surface area (Å²) in [5.41, 5.74) is 0.433. The fraction of sp³-hybridized carbons (Fsp3) is 0.375. The highest BCUT2D eigenvalue weighted by Crippen LogP contribution is 2.71. The first kappa shape index (κ1) is 45.2. The summed E-state index contributed by atoms with van der Waals surface area (Å²) in [6.45, 7) is 8.31. The number of amides is 3. The molecule has 68 heavy (non-hydrogen) atoms. The average molecular weight is 961 g/mol. The number of nitrogens with zero attached hydrogens (tertiary/aromatic N) is 6. The number of benzene rings is 3. The Morgan fingerprint density at radius 2 is 1.62 bits per heavy atom. The number of rotatable bonds is 9. The monoisotopic (exact) mass is 960 g/mol. The predicted molar refractivity (Wildman–Crippen MR) is 237 cm³/mol. The number of fused-ring (bicyclic) bond motifs is 5. The van der Waals surface area contributed by atoms with Crippen molar-refractivity contribution in [2.45, 2.75) is 76.9 Å². The van der Waals surface area contributed by atoms with Gasteiger partial charge in [0.2, 0.25) is 5.91 Å². The second-order valence-electron chi connectivity index (χ2n) is 18.7. The normalized spacial score (nSPS) is 19.9. The zero-order valence-corrected chi connectivity index (χ0v) is 37.8. The summed E-state index contributed by atoms with van der Waals surface area (Å²) in [6.07, 6.45) is -5.75. The maximum atomic E-state index is 15.8. The number of hydrogen-bond donors (Lipinski definition) is 2. The molecule has 4 aliphatic rings. The molecule has 1 saturated carbocycles. The smallest absolute Gasteiger partial charge is 0.435 e. The number of hydrogen-bond acceptors (Lipinski definition) is 9. The number of piperazine rings is 1. The van der Waals surface area contributed by atoms with Crippen molar-refractivity contribution in [2.75, 3.05) is 31.1 Å². The van der Waals surface area contributed by atoms with Crippen LogP contribution in [0.5, 0.6) is 0 Å². The van der Waals surface area contributed by atoms with Gasteiger partial charge in [-0.15, -0.1) is 11.3 Å². The van der Waals surface area contributed by atoms with Crippen LogP contribution in [0.3, 0.4) is 0 Å². The number of ether oxygens (including phenoxy) is 1. The van der Waals surface area contributed by atoms with Crippen LogP contribution in [0.1, 0.15) is 83.8 Å². The number of carbonyl (C=O) groups is 3. The molecule has 354 valence electrons. The van der Waals surface area contributed by atoms with Crippen LogP contribution >= 0.6 is 11.3 Å². The van der Waals surface area contributed by atoms with E-state index in [0.717, 1.165) is 28.9 Å². The van der Waals surface area contributed by atoms with E-state index >= 15 is 8.78 Å². The first-order chi connectivity index (χ1) is 32.1. The summed E-state index contributed by atoms with van der Waals surface area (Å²) >= 11 is 1.31. The molecule has 10 rings (SSSR count). The highest BCUT2D eigenvalue weighted by atomic mass is 32.1. The predicted octanol–water partition coefficient (Wildman–Crippen LogP) is 9.37. The molecule has 3 aromatic carbocycles. The zero-order valence-electron chi connectivity index (χ0n) is 37.0. The Bertz CT molecular complexity index is 3010. The molecule has 20 heteroatoms. The van der Waals surface area contributed by atoms with E-state index in [-0.39, 0.29) is 35.3 Å². The van der Waals surface area contributed by atoms with Crippen LogP contribution in [0.25, 0.3) is 32.0 Å². The van der Waals surface area contributed by atoms with E-state index in [1.807, 2.05) is 45.0 Å². The molecule has 5 heterocycles. The number of halogens is 7. The zero-order chi connectivity index (χ0) is 48.2. The average Bonchev–Trinajstić information content (AvgIpc) is 3.63. The summed E-state index contributed by atoms with van der Waals surface area (Å²) in [6, 6.07) is 16.1. The molecule has 2 unspecified atom stereocenters. The maximum Gasteiger partial charge on any atom is 0.435 e. The van der Waals surface area contributed by atoms with E-state index in [1.165, 1.54) is 18.3 Å². The van der Waals surface area contributed by atoms with E-state index in [2.05, 4.69) is 20.6 Å². The fourth-order valence-electron chi connectivity index (χ4n) is 9.81. The van der Waals surface area contributed by atoms with Gasteiger partial charge in [-0.2, -0.15) is 27.1 Å². The Hall–Kier alpha value is -6.57. The second-order valence-corrected chi connectivity index (χ2v) is 19.8. The number of anilines is 1. The minimum atomic E-state index is -5.07. The van der Waals surface area contributed by atoms with Gasteiger partial charge in [0.05, 0.1) is 16.4 Å². The van der Waals surface area contributed by atoms with Crippen LogP contribution in [0.15, 0.2) is 66.7 Å². The first-order valence-corrected chi connectivity index (χ1v) is 22.8. The number of nitrogens with one attached hydrogen (secondary N) is 2. The SMILES string of the molecule is C[C@@H]1C2c3c(C(F)(F)F)nn(CC(=O)N[C@@H](Cc4cc(F)cc(F)c4)c4nc5nc(-c6ccc(N7CCN(C(=O)OC(C)(C)C)CC7)cc6)sc5cc4-c4ccc5c(c4)C(=O)NC5)c3C(F)(F)C21. The molecule has 0 radical (unpaired) electrons. The minimum absolute atomic E-state index is 0.0687. The van der Waals surface area contributed by atoms with Crippen molar-refractivity contribution in [3.8, 4) is 21.7 Å². The van der Waals surface area contributed by atoms with Gasteiger partial charge in [-0.25, -0.2) is 23.5 Å². The maximum absolute atomic E-state index is 15.8. The number of pyridine rings is 1. The quantitative estimate of drug-likeness (QED) is 0.137. The third-order valence-electron chi connectivity index (χ3n) is 13.0. The van der Waals surface area contributed by atoms with Crippen LogP contribution in [0, 0.1) is 23.5 Å². The van der Waals surface area contributed by atoms with Crippen LogP contribution in [-0.4, -0.2) is 74.3 Å². The van der Waals surface area contributed by atoms with E-state index < -0.39 is 82.5 Å². The summed E-state index contributed by atoms with van der Waals surface area (Å²) in [5.74, 6) is -10.00. The lowest BCUT2D eigenvalue weighted by atomic mass is 9.93. The molecule has 0 bridgehead atoms. The van der Waals surface area contributed by atoms with E-state index in [0.29, 0.717) is 69.9 Å². The molecular weight excluding hydrogens is 918 g/mol. The molecule has 2 fully saturated rings. The molecule has 3 amide bonds. The highest BCUT2D eigenvalue weighted by molar-refractivity contribution is 7.21. The molecule has 6 aromatic rings. The Labute approximate surface area is 388 Å². The standard InChI is InChI=1S/C48H43F7N8O4S/c1-23-36-37-40(48(53,54)55)60-63(41(37)47(51,52)38(23)36)22-35(64)57-33(17-24-15-28(49)19-29(50)16-24)39-31(26-5-6-27-21-56-43(65)32(27)18-26)20-34-42(58-39)59-44(68-34)25-7-9-30(10-8-25)61-11-13-62(14-12-61)45(66)67-46(2,3)4/h5-10,15-16,18-20,23,33,36,38H,11-14,17,21-22H2,1-4H3,(H,56,65)(H,57,64)/t23-,33+,36?,38?/m1/s1. The van der Waals surface area contributed by atoms with Crippen molar-refractivity contribution in [2.24, 2.45) is 11.8 Å². The van der Waals surface area contributed by atoms with Crippen molar-refractivity contribution in [3.63, 3.8) is 0 Å². The van der Waals surface area contributed by atoms with Gasteiger partial charge in [-0.3, -0.25) is 14.3 Å². The van der Waals surface area contributed by atoms with Gasteiger partial charge in [-0.05, 0) is 98.3 Å². The Morgan fingerprint density at radius 1 is 0.926 bits per heavy atom. The van der Waals surface area contributed by atoms with Gasteiger partial charge >= 0.3 is 12.3 Å². The molecule has 2 aliphatic carbocycles. The van der Waals surface area contributed by atoms with Gasteiger partial charge in [0.1, 0.15) is 34.5 Å². The summed E-state index contributed by atoms with van der Waals surface area (Å²) < 4.78 is 110. The fourth-order valence-corrected chi connectivity index (χ4v) is 10.8. The Balaban J connectivity index is 1.01. The van der Waals surface area contributed by atoms with Crippen molar-refractivity contribution >= 4 is 45.3 Å². The lowest BCUT2D eigenvalue weighted by molar-refractivity contribution is -0.142. The lowest BCUT2D eigenvalue weighted by Gasteiger charge is -2.36. The molecule has 0 spiro atoms. The van der Waals surface area contributed by atoms with Gasteiger partial charge in [-0.1, -0.05) is 19.1 Å². The second kappa shape index (κ2) is 16.3. The first-order valence-electron chi connectivity index (χ1n) is 22.0. The number of carbonyl (C=O) groups excluding carboxylic acids is 3. The Morgan fingerprint density at radius 3 is 2.29 bits per heavy atom. The van der Waals surface area contributed by atoms with Gasteiger partial charge < -0.3 is 25.2 Å². The Kier molecular flexibility index (Phi) is 10.8. The van der Waals surface area contributed by atoms with E-state index in [4.69, 9.17) is 14.7 Å². The number of aromatic nitrogens is 4. The van der Waals surface area contributed by atoms with Crippen molar-refractivity contribution in [1.29, 1.82) is 0 Å². The lowest BCUT2D eigenvalue weighted by Crippen LogP contribution is -2.50. The third-order valence-corrected chi connectivity index (χ3v) is 14.0. The van der Waals surface area contributed by atoms with Gasteiger partial charge in [0.25, 0.3) is 11.8 Å². The largest absolute Gasteiger partial charge is 0.444 e. The molecule has 1 saturated heterocycles. The summed E-state index contributed by atoms with van der Waals surface area (Å²) in [7, 11) is 0. The highest BCUT2D eigenvalue weighted by Gasteiger charge is 2.72. The van der Waals surface area contributed by atoms with Crippen molar-refractivity contribution in [3.05, 3.63) is 118 Å². The van der Waals surface area contributed by atoms with Crippen LogP contribution in [-0.2, 0) is 41.1 Å². The summed E-state index contributed by atoms with van der Waals surface area (Å²) in [5, 5.41) is 9.61. The molecule has 2 N–H and O–H groups in total. The van der Waals surface area contributed by atoms with E-state index in [9.17, 15) is 36.3 Å². The number of thiazole rings is 1.